The SMILES string of the molecule is Cc1cc(Oc2ccccc2F)ncc1-n1ncc(C(=O)C2=Cc3cc(OCC(F)F)c(CS(=O)(=O)CCCCl)cc3C2)c1N. The van der Waals surface area contributed by atoms with E-state index in [9.17, 15) is 26.4 Å². The molecule has 0 amide bonds. The summed E-state index contributed by atoms with van der Waals surface area (Å²) >= 11 is 5.65. The van der Waals surface area contributed by atoms with Gasteiger partial charge >= 0.3 is 0 Å². The number of carbonyl (C=O) groups excluding carboxylic acids is 1. The molecule has 0 fully saturated rings. The van der Waals surface area contributed by atoms with Gasteiger partial charge in [0, 0.05) is 29.5 Å². The summed E-state index contributed by atoms with van der Waals surface area (Å²) in [6, 6.07) is 10.5. The van der Waals surface area contributed by atoms with Crippen LogP contribution in [0.3, 0.4) is 0 Å². The zero-order valence-corrected chi connectivity index (χ0v) is 25.5. The minimum absolute atomic E-state index is 0.00573. The molecule has 2 aromatic carbocycles. The molecule has 5 rings (SSSR count). The molecule has 2 aromatic heterocycles. The molecule has 45 heavy (non-hydrogen) atoms. The number of fused-ring (bicyclic) bond motifs is 1. The lowest BCUT2D eigenvalue weighted by Gasteiger charge is -2.14. The maximum absolute atomic E-state index is 14.0. The average molecular weight is 661 g/mol. The summed E-state index contributed by atoms with van der Waals surface area (Å²) in [7, 11) is -3.59. The van der Waals surface area contributed by atoms with Crippen molar-refractivity contribution < 1.29 is 35.9 Å². The number of para-hydroxylation sites is 1. The van der Waals surface area contributed by atoms with Crippen LogP contribution in [0.1, 0.15) is 39.0 Å². The van der Waals surface area contributed by atoms with Crippen LogP contribution in [-0.2, 0) is 22.0 Å². The molecule has 0 unspecified atom stereocenters. The van der Waals surface area contributed by atoms with Crippen molar-refractivity contribution in [1.29, 1.82) is 0 Å². The van der Waals surface area contributed by atoms with Crippen molar-refractivity contribution in [3.05, 3.63) is 94.1 Å². The number of ether oxygens (including phenoxy) is 2. The van der Waals surface area contributed by atoms with Gasteiger partial charge in [0.25, 0.3) is 6.43 Å². The molecule has 0 radical (unpaired) electrons. The number of anilines is 1. The molecular weight excluding hydrogens is 633 g/mol. The van der Waals surface area contributed by atoms with Gasteiger partial charge in [0.05, 0.1) is 35.2 Å². The van der Waals surface area contributed by atoms with Gasteiger partial charge in [0.1, 0.15) is 18.2 Å². The Balaban J connectivity index is 1.38. The lowest BCUT2D eigenvalue weighted by molar-refractivity contribution is 0.0815. The summed E-state index contributed by atoms with van der Waals surface area (Å²) in [6.07, 6.45) is 2.01. The predicted molar refractivity (Wildman–Crippen MR) is 164 cm³/mol. The van der Waals surface area contributed by atoms with E-state index in [0.29, 0.717) is 28.0 Å². The van der Waals surface area contributed by atoms with Crippen molar-refractivity contribution in [3.8, 4) is 23.1 Å². The Kier molecular flexibility index (Phi) is 9.49. The normalized spacial score (nSPS) is 12.7. The highest BCUT2D eigenvalue weighted by Crippen LogP contribution is 2.35. The van der Waals surface area contributed by atoms with Gasteiger partial charge in [0.2, 0.25) is 5.88 Å². The number of halogens is 4. The second kappa shape index (κ2) is 13.3. The van der Waals surface area contributed by atoms with Crippen molar-refractivity contribution >= 4 is 39.1 Å². The van der Waals surface area contributed by atoms with Crippen molar-refractivity contribution in [2.45, 2.75) is 31.9 Å². The molecule has 0 bridgehead atoms. The summed E-state index contributed by atoms with van der Waals surface area (Å²) in [5.41, 5.74) is 9.35. The third-order valence-corrected chi connectivity index (χ3v) is 8.97. The number of aryl methyl sites for hydroxylation is 1. The lowest BCUT2D eigenvalue weighted by Crippen LogP contribution is -2.13. The number of hydrogen-bond donors (Lipinski definition) is 1. The number of allylic oxidation sites excluding steroid dienone is 1. The molecule has 9 nitrogen and oxygen atoms in total. The molecule has 0 saturated heterocycles. The Morgan fingerprint density at radius 2 is 1.93 bits per heavy atom. The molecule has 14 heteroatoms. The number of benzene rings is 2. The number of sulfone groups is 1. The number of Topliss-reactive ketones (excluding diaryl/α,β-unsaturated/α-hetero) is 1. The zero-order valence-electron chi connectivity index (χ0n) is 24.0. The van der Waals surface area contributed by atoms with Gasteiger partial charge in [-0.05, 0) is 54.3 Å². The monoisotopic (exact) mass is 660 g/mol. The van der Waals surface area contributed by atoms with Crippen LogP contribution in [-0.4, -0.2) is 53.6 Å². The third-order valence-electron chi connectivity index (χ3n) is 7.04. The Labute approximate surface area is 262 Å². The number of hydrogen-bond acceptors (Lipinski definition) is 8. The van der Waals surface area contributed by atoms with Crippen LogP contribution in [0, 0.1) is 12.7 Å². The van der Waals surface area contributed by atoms with Gasteiger partial charge in [0.15, 0.2) is 27.2 Å². The quantitative estimate of drug-likeness (QED) is 0.135. The van der Waals surface area contributed by atoms with Crippen molar-refractivity contribution in [3.63, 3.8) is 0 Å². The van der Waals surface area contributed by atoms with Gasteiger partial charge in [-0.3, -0.25) is 4.79 Å². The van der Waals surface area contributed by atoms with E-state index in [1.54, 1.807) is 37.3 Å². The second-order valence-electron chi connectivity index (χ2n) is 10.4. The first-order valence-corrected chi connectivity index (χ1v) is 16.1. The minimum atomic E-state index is -3.59. The topological polar surface area (TPSA) is 126 Å². The number of aromatic nitrogens is 3. The summed E-state index contributed by atoms with van der Waals surface area (Å²) in [4.78, 5) is 17.8. The molecular formula is C31H28ClF3N4O5S. The van der Waals surface area contributed by atoms with Gasteiger partial charge in [-0.15, -0.1) is 11.6 Å². The number of nitrogens with two attached hydrogens (primary N) is 1. The minimum Gasteiger partial charge on any atom is -0.487 e. The number of ketones is 1. The molecule has 0 aliphatic heterocycles. The van der Waals surface area contributed by atoms with Gasteiger partial charge in [-0.25, -0.2) is 31.3 Å². The Bertz CT molecular complexity index is 1900. The van der Waals surface area contributed by atoms with E-state index < -0.39 is 40.2 Å². The molecule has 0 saturated carbocycles. The van der Waals surface area contributed by atoms with Crippen LogP contribution in [0.5, 0.6) is 17.4 Å². The zero-order chi connectivity index (χ0) is 32.3. The van der Waals surface area contributed by atoms with Gasteiger partial charge in [-0.2, -0.15) is 5.10 Å². The summed E-state index contributed by atoms with van der Waals surface area (Å²) in [5, 5.41) is 4.29. The number of nitrogen functional groups attached to an aromatic ring is 1. The van der Waals surface area contributed by atoms with Gasteiger partial charge < -0.3 is 15.2 Å². The van der Waals surface area contributed by atoms with Crippen LogP contribution >= 0.6 is 11.6 Å². The molecule has 236 valence electrons. The maximum atomic E-state index is 14.0. The van der Waals surface area contributed by atoms with E-state index in [-0.39, 0.29) is 58.8 Å². The highest BCUT2D eigenvalue weighted by Gasteiger charge is 2.27. The first-order chi connectivity index (χ1) is 21.5. The van der Waals surface area contributed by atoms with E-state index >= 15 is 0 Å². The van der Waals surface area contributed by atoms with Crippen molar-refractivity contribution in [1.82, 2.24) is 14.8 Å². The molecule has 1 aliphatic rings. The second-order valence-corrected chi connectivity index (χ2v) is 12.9. The van der Waals surface area contributed by atoms with Crippen LogP contribution in [0.4, 0.5) is 19.0 Å². The number of pyridine rings is 1. The molecule has 2 heterocycles. The molecule has 1 aliphatic carbocycles. The Hall–Kier alpha value is -4.36. The largest absolute Gasteiger partial charge is 0.487 e. The fourth-order valence-electron chi connectivity index (χ4n) is 4.89. The summed E-state index contributed by atoms with van der Waals surface area (Å²) < 4.78 is 77.3. The van der Waals surface area contributed by atoms with Crippen LogP contribution in [0.25, 0.3) is 11.8 Å². The Morgan fingerprint density at radius 3 is 2.64 bits per heavy atom. The average Bonchev–Trinajstić information content (AvgIpc) is 3.58. The highest BCUT2D eigenvalue weighted by atomic mass is 35.5. The van der Waals surface area contributed by atoms with Crippen LogP contribution in [0.15, 0.2) is 60.4 Å². The number of carbonyl (C=O) groups is 1. The first-order valence-electron chi connectivity index (χ1n) is 13.8. The highest BCUT2D eigenvalue weighted by molar-refractivity contribution is 7.90. The Morgan fingerprint density at radius 1 is 1.16 bits per heavy atom. The fraction of sp³-hybridized carbons (Fsp3) is 0.258. The van der Waals surface area contributed by atoms with Crippen LogP contribution < -0.4 is 15.2 Å². The van der Waals surface area contributed by atoms with E-state index in [2.05, 4.69) is 10.1 Å². The van der Waals surface area contributed by atoms with E-state index in [1.807, 2.05) is 0 Å². The van der Waals surface area contributed by atoms with E-state index in [4.69, 9.17) is 26.8 Å². The predicted octanol–water partition coefficient (Wildman–Crippen LogP) is 6.10. The molecule has 0 spiro atoms. The fourth-order valence-corrected chi connectivity index (χ4v) is 6.61. The van der Waals surface area contributed by atoms with Crippen LogP contribution in [0.2, 0.25) is 0 Å². The smallest absolute Gasteiger partial charge is 0.272 e. The van der Waals surface area contributed by atoms with Gasteiger partial charge in [-0.1, -0.05) is 18.2 Å². The lowest BCUT2D eigenvalue weighted by atomic mass is 10.0. The standard InChI is InChI=1S/C31H28ClF3N4O5S/c1-18-9-29(44-26-6-3-2-5-24(26)33)37-15-25(18)39-31(36)23(14-38-39)30(40)21-10-19-12-22(17-45(41,42)8-4-7-32)27(13-20(19)11-21)43-16-28(34)35/h2-3,5-6,9,11-15,28H,4,7-8,10,16-17,36H2,1H3. The van der Waals surface area contributed by atoms with E-state index in [0.717, 1.165) is 0 Å². The van der Waals surface area contributed by atoms with Crippen molar-refractivity contribution in [2.24, 2.45) is 0 Å². The maximum Gasteiger partial charge on any atom is 0.272 e. The first kappa shape index (κ1) is 32.0. The number of nitrogens with zero attached hydrogens (tertiary/aromatic N) is 3. The third kappa shape index (κ3) is 7.31. The summed E-state index contributed by atoms with van der Waals surface area (Å²) in [5.74, 6) is -1.14. The van der Waals surface area contributed by atoms with E-state index in [1.165, 1.54) is 35.3 Å². The molecule has 0 atom stereocenters. The summed E-state index contributed by atoms with van der Waals surface area (Å²) in [6.45, 7) is 0.842. The number of rotatable bonds is 13. The molecule has 4 aromatic rings. The number of alkyl halides is 3. The van der Waals surface area contributed by atoms with Crippen molar-refractivity contribution in [2.75, 3.05) is 24.0 Å². The molecule has 2 N–H and O–H groups in total.